The molecule has 7 nitrogen and oxygen atoms in total. The van der Waals surface area contributed by atoms with Gasteiger partial charge in [0, 0.05) is 30.5 Å². The minimum Gasteiger partial charge on any atom is -0.304 e. The first-order chi connectivity index (χ1) is 11.3. The van der Waals surface area contributed by atoms with E-state index in [0.717, 1.165) is 16.1 Å². The monoisotopic (exact) mass is 346 g/mol. The quantitative estimate of drug-likeness (QED) is 0.641. The van der Waals surface area contributed by atoms with Crippen LogP contribution in [0.25, 0.3) is 12.2 Å². The average Bonchev–Trinajstić information content (AvgIpc) is 2.85. The number of non-ortho nitro benzene ring substituents is 1. The lowest BCUT2D eigenvalue weighted by atomic mass is 10.2. The Morgan fingerprint density at radius 3 is 2.54 bits per heavy atom. The van der Waals surface area contributed by atoms with Crippen molar-refractivity contribution in [3.63, 3.8) is 0 Å². The van der Waals surface area contributed by atoms with E-state index in [1.54, 1.807) is 12.1 Å². The number of amides is 1. The molecule has 0 aliphatic rings. The normalized spacial score (nSPS) is 11.2. The van der Waals surface area contributed by atoms with Crippen LogP contribution >= 0.6 is 11.3 Å². The van der Waals surface area contributed by atoms with Crippen molar-refractivity contribution < 1.29 is 9.72 Å². The smallest absolute Gasteiger partial charge is 0.269 e. The van der Waals surface area contributed by atoms with Gasteiger partial charge in [0.15, 0.2) is 5.13 Å². The fourth-order valence-electron chi connectivity index (χ4n) is 1.98. The Labute approximate surface area is 143 Å². The maximum absolute atomic E-state index is 11.2. The molecule has 0 spiro atoms. The van der Waals surface area contributed by atoms with E-state index in [1.165, 1.54) is 30.4 Å². The highest BCUT2D eigenvalue weighted by Crippen LogP contribution is 2.26. The molecule has 0 radical (unpaired) electrons. The summed E-state index contributed by atoms with van der Waals surface area (Å²) in [6.07, 6.45) is 3.69. The summed E-state index contributed by atoms with van der Waals surface area (Å²) >= 11 is 1.43. The van der Waals surface area contributed by atoms with Crippen molar-refractivity contribution in [2.45, 2.75) is 13.5 Å². The Hall–Kier alpha value is -2.58. The van der Waals surface area contributed by atoms with E-state index in [-0.39, 0.29) is 11.6 Å². The molecule has 126 valence electrons. The Balaban J connectivity index is 2.24. The summed E-state index contributed by atoms with van der Waals surface area (Å²) in [5, 5.41) is 13.9. The number of nitro groups is 1. The van der Waals surface area contributed by atoms with Crippen LogP contribution in [-0.2, 0) is 11.3 Å². The zero-order chi connectivity index (χ0) is 17.7. The van der Waals surface area contributed by atoms with Crippen molar-refractivity contribution in [2.24, 2.45) is 0 Å². The van der Waals surface area contributed by atoms with E-state index in [1.807, 2.05) is 31.1 Å². The summed E-state index contributed by atoms with van der Waals surface area (Å²) in [5.74, 6) is -0.161. The summed E-state index contributed by atoms with van der Waals surface area (Å²) in [4.78, 5) is 28.9. The molecule has 0 bridgehead atoms. The third kappa shape index (κ3) is 4.97. The number of rotatable bonds is 6. The van der Waals surface area contributed by atoms with Crippen LogP contribution in [0.15, 0.2) is 24.3 Å². The van der Waals surface area contributed by atoms with Gasteiger partial charge in [-0.05, 0) is 37.9 Å². The summed E-state index contributed by atoms with van der Waals surface area (Å²) in [5.41, 5.74) is 1.67. The number of aromatic nitrogens is 1. The minimum atomic E-state index is -0.428. The number of carbonyl (C=O) groups is 1. The molecule has 1 aromatic heterocycles. The van der Waals surface area contributed by atoms with Crippen molar-refractivity contribution in [2.75, 3.05) is 19.4 Å². The molecule has 2 rings (SSSR count). The molecule has 0 saturated carbocycles. The van der Waals surface area contributed by atoms with E-state index < -0.39 is 4.92 Å². The second kappa shape index (κ2) is 7.80. The lowest BCUT2D eigenvalue weighted by Crippen LogP contribution is -2.10. The Kier molecular flexibility index (Phi) is 5.78. The molecule has 24 heavy (non-hydrogen) atoms. The van der Waals surface area contributed by atoms with Crippen LogP contribution in [0.5, 0.6) is 0 Å². The second-order valence-corrected chi connectivity index (χ2v) is 6.51. The third-order valence-electron chi connectivity index (χ3n) is 3.01. The number of nitro benzene ring substituents is 1. The molecule has 0 unspecified atom stereocenters. The highest BCUT2D eigenvalue weighted by Gasteiger charge is 2.11. The van der Waals surface area contributed by atoms with Gasteiger partial charge in [-0.1, -0.05) is 17.4 Å². The van der Waals surface area contributed by atoms with E-state index >= 15 is 0 Å². The van der Waals surface area contributed by atoms with Gasteiger partial charge in [-0.3, -0.25) is 14.9 Å². The van der Waals surface area contributed by atoms with Crippen LogP contribution in [0.3, 0.4) is 0 Å². The highest BCUT2D eigenvalue weighted by molar-refractivity contribution is 7.16. The van der Waals surface area contributed by atoms with Crippen LogP contribution < -0.4 is 5.32 Å². The first-order valence-electron chi connectivity index (χ1n) is 7.19. The maximum Gasteiger partial charge on any atom is 0.269 e. The van der Waals surface area contributed by atoms with Gasteiger partial charge >= 0.3 is 0 Å². The number of benzene rings is 1. The van der Waals surface area contributed by atoms with Crippen LogP contribution in [0.4, 0.5) is 10.8 Å². The summed E-state index contributed by atoms with van der Waals surface area (Å²) < 4.78 is 0. The SMILES string of the molecule is CC(=O)Nc1nc(/C=C\c2ccc([N+](=O)[O-])cc2)c(CN(C)C)s1. The highest BCUT2D eigenvalue weighted by atomic mass is 32.1. The molecule has 0 saturated heterocycles. The van der Waals surface area contributed by atoms with E-state index in [2.05, 4.69) is 10.3 Å². The first-order valence-corrected chi connectivity index (χ1v) is 8.01. The standard InChI is InChI=1S/C16H18N4O3S/c1-11(21)17-16-18-14(15(24-16)10-19(2)3)9-6-12-4-7-13(8-5-12)20(22)23/h4-9H,10H2,1-3H3,(H,17,18,21)/b9-6-. The van der Waals surface area contributed by atoms with Gasteiger partial charge in [-0.2, -0.15) is 0 Å². The molecule has 0 aliphatic heterocycles. The molecular formula is C16H18N4O3S. The van der Waals surface area contributed by atoms with Crippen LogP contribution in [-0.4, -0.2) is 34.8 Å². The third-order valence-corrected chi connectivity index (χ3v) is 3.98. The second-order valence-electron chi connectivity index (χ2n) is 5.43. The Morgan fingerprint density at radius 2 is 2.00 bits per heavy atom. The van der Waals surface area contributed by atoms with Gasteiger partial charge in [-0.25, -0.2) is 4.98 Å². The van der Waals surface area contributed by atoms with Crippen molar-refractivity contribution in [3.05, 3.63) is 50.5 Å². The topological polar surface area (TPSA) is 88.4 Å². The van der Waals surface area contributed by atoms with Crippen LogP contribution in [0, 0.1) is 10.1 Å². The van der Waals surface area contributed by atoms with Gasteiger partial charge in [0.2, 0.25) is 5.91 Å². The predicted octanol–water partition coefficient (Wildman–Crippen LogP) is 3.24. The Morgan fingerprint density at radius 1 is 1.33 bits per heavy atom. The molecule has 0 atom stereocenters. The zero-order valence-electron chi connectivity index (χ0n) is 13.6. The lowest BCUT2D eigenvalue weighted by Gasteiger charge is -2.07. The van der Waals surface area contributed by atoms with Crippen LogP contribution in [0.1, 0.15) is 23.1 Å². The zero-order valence-corrected chi connectivity index (χ0v) is 14.5. The van der Waals surface area contributed by atoms with E-state index in [0.29, 0.717) is 11.7 Å². The summed E-state index contributed by atoms with van der Waals surface area (Å²) in [6, 6.07) is 6.29. The fraction of sp³-hybridized carbons (Fsp3) is 0.250. The van der Waals surface area contributed by atoms with Crippen molar-refractivity contribution in [1.82, 2.24) is 9.88 Å². The van der Waals surface area contributed by atoms with Gasteiger partial charge < -0.3 is 10.2 Å². The number of hydrogen-bond acceptors (Lipinski definition) is 6. The molecule has 2 aromatic rings. The average molecular weight is 346 g/mol. The Bertz CT molecular complexity index is 766. The predicted molar refractivity (Wildman–Crippen MR) is 95.8 cm³/mol. The fourth-order valence-corrected chi connectivity index (χ4v) is 3.09. The molecule has 0 aliphatic carbocycles. The van der Waals surface area contributed by atoms with E-state index in [9.17, 15) is 14.9 Å². The van der Waals surface area contributed by atoms with Crippen LogP contribution in [0.2, 0.25) is 0 Å². The number of nitrogens with one attached hydrogen (secondary N) is 1. The first kappa shape index (κ1) is 17.8. The molecule has 1 aromatic carbocycles. The van der Waals surface area contributed by atoms with Gasteiger partial charge in [0.1, 0.15) is 0 Å². The maximum atomic E-state index is 11.2. The lowest BCUT2D eigenvalue weighted by molar-refractivity contribution is -0.384. The molecule has 0 fully saturated rings. The molecule has 1 N–H and O–H groups in total. The number of nitrogens with zero attached hydrogens (tertiary/aromatic N) is 3. The minimum absolute atomic E-state index is 0.0575. The van der Waals surface area contributed by atoms with Crippen molar-refractivity contribution >= 4 is 40.2 Å². The molecule has 8 heteroatoms. The molecule has 1 amide bonds. The van der Waals surface area contributed by atoms with Gasteiger partial charge in [0.25, 0.3) is 5.69 Å². The summed E-state index contributed by atoms with van der Waals surface area (Å²) in [6.45, 7) is 2.15. The van der Waals surface area contributed by atoms with Crippen molar-refractivity contribution in [1.29, 1.82) is 0 Å². The van der Waals surface area contributed by atoms with E-state index in [4.69, 9.17) is 0 Å². The number of carbonyl (C=O) groups excluding carboxylic acids is 1. The van der Waals surface area contributed by atoms with Crippen molar-refractivity contribution in [3.8, 4) is 0 Å². The summed E-state index contributed by atoms with van der Waals surface area (Å²) in [7, 11) is 3.92. The number of thiazole rings is 1. The number of hydrogen-bond donors (Lipinski definition) is 1. The van der Waals surface area contributed by atoms with Gasteiger partial charge in [0.05, 0.1) is 10.6 Å². The molecular weight excluding hydrogens is 328 g/mol. The molecule has 1 heterocycles. The number of anilines is 1. The van der Waals surface area contributed by atoms with Gasteiger partial charge in [-0.15, -0.1) is 0 Å². The largest absolute Gasteiger partial charge is 0.304 e.